The van der Waals surface area contributed by atoms with Crippen LogP contribution in [0.25, 0.3) is 6.08 Å². The quantitative estimate of drug-likeness (QED) is 0.653. The molecular formula is C17H18N2O4. The van der Waals surface area contributed by atoms with E-state index in [0.717, 1.165) is 11.4 Å². The van der Waals surface area contributed by atoms with Crippen molar-refractivity contribution in [2.75, 3.05) is 7.11 Å². The number of nitrogens with zero attached hydrogens (tertiary/aromatic N) is 2. The minimum Gasteiger partial charge on any atom is -0.481 e. The number of esters is 1. The Balaban J connectivity index is 2.37. The Morgan fingerprint density at radius 2 is 2.00 bits per heavy atom. The smallest absolute Gasteiger partial charge is 0.334 e. The van der Waals surface area contributed by atoms with Crippen LogP contribution in [0.4, 0.5) is 0 Å². The first kappa shape index (κ1) is 16.5. The van der Waals surface area contributed by atoms with Crippen LogP contribution < -0.4 is 0 Å². The van der Waals surface area contributed by atoms with Gasteiger partial charge in [-0.3, -0.25) is 4.79 Å². The van der Waals surface area contributed by atoms with Crippen molar-refractivity contribution in [2.24, 2.45) is 0 Å². The molecule has 0 fully saturated rings. The third-order valence-electron chi connectivity index (χ3n) is 3.38. The maximum absolute atomic E-state index is 11.7. The first-order valence-corrected chi connectivity index (χ1v) is 7.08. The third kappa shape index (κ3) is 4.29. The molecular weight excluding hydrogens is 296 g/mol. The number of aliphatic carboxylic acids is 1. The van der Waals surface area contributed by atoms with Crippen LogP contribution >= 0.6 is 0 Å². The number of carbonyl (C=O) groups is 2. The van der Waals surface area contributed by atoms with Crippen LogP contribution in [-0.2, 0) is 20.9 Å². The van der Waals surface area contributed by atoms with Crippen molar-refractivity contribution in [2.45, 2.75) is 19.9 Å². The minimum atomic E-state index is -1.09. The summed E-state index contributed by atoms with van der Waals surface area (Å²) in [5, 5.41) is 8.94. The highest BCUT2D eigenvalue weighted by atomic mass is 16.5. The SMILES string of the molecule is COC(=O)/C(=C/c1cnc(C)n1Cc1ccccc1)CC(=O)O. The van der Waals surface area contributed by atoms with Crippen LogP contribution in [0.1, 0.15) is 23.5 Å². The molecule has 0 aliphatic carbocycles. The van der Waals surface area contributed by atoms with Gasteiger partial charge in [0, 0.05) is 6.54 Å². The average Bonchev–Trinajstić information content (AvgIpc) is 2.87. The lowest BCUT2D eigenvalue weighted by Crippen LogP contribution is -2.10. The molecule has 0 spiro atoms. The maximum atomic E-state index is 11.7. The van der Waals surface area contributed by atoms with Crippen molar-refractivity contribution in [3.63, 3.8) is 0 Å². The molecule has 0 aliphatic heterocycles. The number of imidazole rings is 1. The maximum Gasteiger partial charge on any atom is 0.334 e. The number of aryl methyl sites for hydroxylation is 1. The molecule has 0 radical (unpaired) electrons. The molecule has 1 aromatic carbocycles. The standard InChI is InChI=1S/C17H18N2O4/c1-12-18-10-15(8-14(9-16(20)21)17(22)23-2)19(12)11-13-6-4-3-5-7-13/h3-8,10H,9,11H2,1-2H3,(H,20,21)/b14-8+. The molecule has 1 aromatic heterocycles. The molecule has 0 saturated carbocycles. The van der Waals surface area contributed by atoms with Gasteiger partial charge in [0.1, 0.15) is 5.82 Å². The second kappa shape index (κ2) is 7.40. The summed E-state index contributed by atoms with van der Waals surface area (Å²) in [4.78, 5) is 26.9. The topological polar surface area (TPSA) is 81.4 Å². The largest absolute Gasteiger partial charge is 0.481 e. The molecule has 2 aromatic rings. The van der Waals surface area contributed by atoms with Crippen LogP contribution in [-0.4, -0.2) is 33.7 Å². The average molecular weight is 314 g/mol. The van der Waals surface area contributed by atoms with E-state index in [4.69, 9.17) is 5.11 Å². The van der Waals surface area contributed by atoms with E-state index in [9.17, 15) is 9.59 Å². The highest BCUT2D eigenvalue weighted by Crippen LogP contribution is 2.15. The fourth-order valence-electron chi connectivity index (χ4n) is 2.23. The number of hydrogen-bond donors (Lipinski definition) is 1. The normalized spacial score (nSPS) is 11.3. The number of carboxylic acid groups (broad SMARTS) is 1. The van der Waals surface area contributed by atoms with Crippen LogP contribution in [0.5, 0.6) is 0 Å². The van der Waals surface area contributed by atoms with Crippen LogP contribution in [0, 0.1) is 6.92 Å². The fraction of sp³-hybridized carbons (Fsp3) is 0.235. The van der Waals surface area contributed by atoms with Gasteiger partial charge in [0.2, 0.25) is 0 Å². The Hall–Kier alpha value is -2.89. The van der Waals surface area contributed by atoms with E-state index in [1.54, 1.807) is 6.20 Å². The summed E-state index contributed by atoms with van der Waals surface area (Å²) in [6.07, 6.45) is 2.73. The molecule has 1 heterocycles. The Bertz CT molecular complexity index is 732. The van der Waals surface area contributed by atoms with Crippen molar-refractivity contribution in [3.05, 3.63) is 59.2 Å². The second-order valence-corrected chi connectivity index (χ2v) is 5.03. The van der Waals surface area contributed by atoms with E-state index in [-0.39, 0.29) is 5.57 Å². The zero-order valence-electron chi connectivity index (χ0n) is 13.0. The van der Waals surface area contributed by atoms with E-state index in [0.29, 0.717) is 12.2 Å². The van der Waals surface area contributed by atoms with Crippen molar-refractivity contribution in [3.8, 4) is 0 Å². The summed E-state index contributed by atoms with van der Waals surface area (Å²) in [6, 6.07) is 9.81. The number of hydrogen-bond acceptors (Lipinski definition) is 4. The van der Waals surface area contributed by atoms with Gasteiger partial charge in [-0.05, 0) is 18.6 Å². The lowest BCUT2D eigenvalue weighted by Gasteiger charge is -2.09. The van der Waals surface area contributed by atoms with E-state index >= 15 is 0 Å². The lowest BCUT2D eigenvalue weighted by molar-refractivity contribution is -0.141. The molecule has 0 aliphatic rings. The number of aromatic nitrogens is 2. The van der Waals surface area contributed by atoms with Crippen LogP contribution in [0.2, 0.25) is 0 Å². The molecule has 23 heavy (non-hydrogen) atoms. The highest BCUT2D eigenvalue weighted by Gasteiger charge is 2.15. The zero-order valence-corrected chi connectivity index (χ0v) is 13.0. The Kier molecular flexibility index (Phi) is 5.30. The summed E-state index contributed by atoms with van der Waals surface area (Å²) in [5.74, 6) is -0.968. The molecule has 1 N–H and O–H groups in total. The van der Waals surface area contributed by atoms with Gasteiger partial charge in [-0.1, -0.05) is 30.3 Å². The molecule has 6 nitrogen and oxygen atoms in total. The summed E-state index contributed by atoms with van der Waals surface area (Å²) < 4.78 is 6.57. The van der Waals surface area contributed by atoms with Crippen molar-refractivity contribution in [1.82, 2.24) is 9.55 Å². The fourth-order valence-corrected chi connectivity index (χ4v) is 2.23. The molecule has 0 bridgehead atoms. The van der Waals surface area contributed by atoms with Crippen LogP contribution in [0.15, 0.2) is 42.1 Å². The predicted molar refractivity (Wildman–Crippen MR) is 84.8 cm³/mol. The Labute approximate surface area is 134 Å². The lowest BCUT2D eigenvalue weighted by atomic mass is 10.1. The molecule has 0 unspecified atom stereocenters. The van der Waals surface area contributed by atoms with E-state index in [1.807, 2.05) is 41.8 Å². The first-order chi connectivity index (χ1) is 11.0. The van der Waals surface area contributed by atoms with Gasteiger partial charge < -0.3 is 14.4 Å². The summed E-state index contributed by atoms with van der Waals surface area (Å²) >= 11 is 0. The predicted octanol–water partition coefficient (Wildman–Crippen LogP) is 2.27. The molecule has 0 saturated heterocycles. The number of carbonyl (C=O) groups excluding carboxylic acids is 1. The highest BCUT2D eigenvalue weighted by molar-refractivity contribution is 5.97. The third-order valence-corrected chi connectivity index (χ3v) is 3.38. The minimum absolute atomic E-state index is 0.0780. The van der Waals surface area contributed by atoms with Crippen molar-refractivity contribution in [1.29, 1.82) is 0 Å². The molecule has 0 amide bonds. The van der Waals surface area contributed by atoms with E-state index in [2.05, 4.69) is 9.72 Å². The Morgan fingerprint density at radius 3 is 2.61 bits per heavy atom. The summed E-state index contributed by atoms with van der Waals surface area (Å²) in [7, 11) is 1.23. The summed E-state index contributed by atoms with van der Waals surface area (Å²) in [5.41, 5.74) is 1.82. The molecule has 120 valence electrons. The van der Waals surface area contributed by atoms with Gasteiger partial charge in [-0.15, -0.1) is 0 Å². The number of rotatable bonds is 6. The van der Waals surface area contributed by atoms with Gasteiger partial charge in [0.05, 0.1) is 31.0 Å². The van der Waals surface area contributed by atoms with Crippen molar-refractivity contribution < 1.29 is 19.4 Å². The number of carboxylic acids is 1. The van der Waals surface area contributed by atoms with Gasteiger partial charge in [-0.25, -0.2) is 9.78 Å². The van der Waals surface area contributed by atoms with E-state index in [1.165, 1.54) is 13.2 Å². The Morgan fingerprint density at radius 1 is 1.30 bits per heavy atom. The van der Waals surface area contributed by atoms with Crippen LogP contribution in [0.3, 0.4) is 0 Å². The molecule has 2 rings (SSSR count). The van der Waals surface area contributed by atoms with Gasteiger partial charge >= 0.3 is 11.9 Å². The number of ether oxygens (including phenoxy) is 1. The molecule has 6 heteroatoms. The second-order valence-electron chi connectivity index (χ2n) is 5.03. The number of benzene rings is 1. The monoisotopic (exact) mass is 314 g/mol. The zero-order chi connectivity index (χ0) is 16.8. The number of methoxy groups -OCH3 is 1. The van der Waals surface area contributed by atoms with Gasteiger partial charge in [0.25, 0.3) is 0 Å². The van der Waals surface area contributed by atoms with Crippen molar-refractivity contribution >= 4 is 18.0 Å². The van der Waals surface area contributed by atoms with Gasteiger partial charge in [0.15, 0.2) is 0 Å². The van der Waals surface area contributed by atoms with Gasteiger partial charge in [-0.2, -0.15) is 0 Å². The first-order valence-electron chi connectivity index (χ1n) is 7.08. The summed E-state index contributed by atoms with van der Waals surface area (Å²) in [6.45, 7) is 2.44. The molecule has 0 atom stereocenters. The van der Waals surface area contributed by atoms with E-state index < -0.39 is 18.4 Å².